The smallest absolute Gasteiger partial charge is 0.251 e. The number of halogens is 1. The number of nitrogens with zero attached hydrogens (tertiary/aromatic N) is 1. The molecular weight excluding hydrogens is 338 g/mol. The molecule has 23 heavy (non-hydrogen) atoms. The molecule has 6 nitrogen and oxygen atoms in total. The molecular formula is C15H24ClN3O3S. The second-order valence-corrected chi connectivity index (χ2v) is 7.36. The van der Waals surface area contributed by atoms with Crippen molar-refractivity contribution in [2.75, 3.05) is 37.2 Å². The number of carbonyl (C=O) groups is 1. The van der Waals surface area contributed by atoms with Crippen LogP contribution in [-0.4, -0.2) is 51.7 Å². The summed E-state index contributed by atoms with van der Waals surface area (Å²) in [6.45, 7) is 3.73. The Morgan fingerprint density at radius 3 is 2.30 bits per heavy atom. The molecule has 0 atom stereocenters. The molecule has 1 aliphatic rings. The van der Waals surface area contributed by atoms with Gasteiger partial charge in [0.2, 0.25) is 10.0 Å². The van der Waals surface area contributed by atoms with Crippen molar-refractivity contribution < 1.29 is 13.2 Å². The number of hydrogen-bond acceptors (Lipinski definition) is 4. The van der Waals surface area contributed by atoms with Gasteiger partial charge in [0.25, 0.3) is 5.91 Å². The van der Waals surface area contributed by atoms with Gasteiger partial charge in [-0.15, -0.1) is 12.4 Å². The van der Waals surface area contributed by atoms with Crippen molar-refractivity contribution in [2.45, 2.75) is 19.3 Å². The summed E-state index contributed by atoms with van der Waals surface area (Å²) in [5, 5.41) is 2.89. The van der Waals surface area contributed by atoms with Gasteiger partial charge in [0.1, 0.15) is 0 Å². The van der Waals surface area contributed by atoms with Gasteiger partial charge in [-0.1, -0.05) is 6.42 Å². The van der Waals surface area contributed by atoms with E-state index in [-0.39, 0.29) is 18.3 Å². The van der Waals surface area contributed by atoms with Gasteiger partial charge in [-0.05, 0) is 50.2 Å². The van der Waals surface area contributed by atoms with E-state index in [0.29, 0.717) is 17.8 Å². The Hall–Kier alpha value is -1.31. The lowest BCUT2D eigenvalue weighted by Crippen LogP contribution is -2.37. The third-order valence-electron chi connectivity index (χ3n) is 3.61. The molecule has 0 bridgehead atoms. The lowest BCUT2D eigenvalue weighted by molar-refractivity contribution is 0.0946. The molecule has 0 aromatic heterocycles. The Morgan fingerprint density at radius 2 is 1.74 bits per heavy atom. The van der Waals surface area contributed by atoms with E-state index in [2.05, 4.69) is 14.9 Å². The van der Waals surface area contributed by atoms with Crippen molar-refractivity contribution in [3.8, 4) is 0 Å². The molecule has 2 N–H and O–H groups in total. The summed E-state index contributed by atoms with van der Waals surface area (Å²) in [6.07, 6.45) is 4.87. The highest BCUT2D eigenvalue weighted by atomic mass is 35.5. The van der Waals surface area contributed by atoms with Gasteiger partial charge in [-0.3, -0.25) is 9.52 Å². The molecule has 1 amide bonds. The lowest BCUT2D eigenvalue weighted by atomic mass is 10.1. The standard InChI is InChI=1S/C15H23N3O3S.ClH/c1-22(20,21)17-14-7-5-13(6-8-14)15(19)16-9-12-18-10-3-2-4-11-18;/h5-8,17H,2-4,9-12H2,1H3,(H,16,19);1H. The van der Waals surface area contributed by atoms with E-state index < -0.39 is 10.0 Å². The van der Waals surface area contributed by atoms with E-state index in [1.165, 1.54) is 19.3 Å². The maximum Gasteiger partial charge on any atom is 0.251 e. The number of amides is 1. The van der Waals surface area contributed by atoms with Crippen molar-refractivity contribution in [1.82, 2.24) is 10.2 Å². The minimum absolute atomic E-state index is 0. The van der Waals surface area contributed by atoms with E-state index in [1.807, 2.05) is 0 Å². The first-order valence-electron chi connectivity index (χ1n) is 7.52. The Labute approximate surface area is 144 Å². The van der Waals surface area contributed by atoms with E-state index in [9.17, 15) is 13.2 Å². The van der Waals surface area contributed by atoms with Crippen molar-refractivity contribution in [2.24, 2.45) is 0 Å². The Kier molecular flexibility index (Phi) is 7.81. The van der Waals surface area contributed by atoms with Crippen LogP contribution < -0.4 is 10.0 Å². The fourth-order valence-electron chi connectivity index (χ4n) is 2.52. The maximum atomic E-state index is 12.0. The van der Waals surface area contributed by atoms with Crippen LogP contribution in [0.2, 0.25) is 0 Å². The summed E-state index contributed by atoms with van der Waals surface area (Å²) in [5.74, 6) is -0.136. The molecule has 8 heteroatoms. The van der Waals surface area contributed by atoms with Gasteiger partial charge in [0.05, 0.1) is 6.26 Å². The molecule has 0 spiro atoms. The fourth-order valence-corrected chi connectivity index (χ4v) is 3.08. The van der Waals surface area contributed by atoms with Gasteiger partial charge in [0, 0.05) is 24.3 Å². The molecule has 0 saturated carbocycles. The number of rotatable bonds is 6. The van der Waals surface area contributed by atoms with Gasteiger partial charge >= 0.3 is 0 Å². The molecule has 0 radical (unpaired) electrons. The van der Waals surface area contributed by atoms with Crippen LogP contribution in [0, 0.1) is 0 Å². The number of benzene rings is 1. The number of sulfonamides is 1. The number of nitrogens with one attached hydrogen (secondary N) is 2. The summed E-state index contributed by atoms with van der Waals surface area (Å²) < 4.78 is 24.6. The zero-order valence-electron chi connectivity index (χ0n) is 13.2. The van der Waals surface area contributed by atoms with E-state index in [4.69, 9.17) is 0 Å². The zero-order chi connectivity index (χ0) is 16.0. The zero-order valence-corrected chi connectivity index (χ0v) is 14.9. The van der Waals surface area contributed by atoms with Crippen LogP contribution in [-0.2, 0) is 10.0 Å². The van der Waals surface area contributed by atoms with Crippen molar-refractivity contribution in [3.63, 3.8) is 0 Å². The van der Waals surface area contributed by atoms with Crippen molar-refractivity contribution in [3.05, 3.63) is 29.8 Å². The van der Waals surface area contributed by atoms with Crippen molar-refractivity contribution >= 4 is 34.0 Å². The molecule has 130 valence electrons. The largest absolute Gasteiger partial charge is 0.351 e. The van der Waals surface area contributed by atoms with Crippen LogP contribution in [0.5, 0.6) is 0 Å². The quantitative estimate of drug-likeness (QED) is 0.808. The Morgan fingerprint density at radius 1 is 1.13 bits per heavy atom. The monoisotopic (exact) mass is 361 g/mol. The molecule has 0 aliphatic carbocycles. The summed E-state index contributed by atoms with van der Waals surface area (Å²) in [7, 11) is -3.29. The average molecular weight is 362 g/mol. The SMILES string of the molecule is CS(=O)(=O)Nc1ccc(C(=O)NCCN2CCCCC2)cc1.Cl. The number of anilines is 1. The topological polar surface area (TPSA) is 78.5 Å². The second-order valence-electron chi connectivity index (χ2n) is 5.61. The highest BCUT2D eigenvalue weighted by Gasteiger charge is 2.11. The van der Waals surface area contributed by atoms with Gasteiger partial charge in [-0.2, -0.15) is 0 Å². The second kappa shape index (κ2) is 9.10. The minimum Gasteiger partial charge on any atom is -0.351 e. The molecule has 1 fully saturated rings. The molecule has 0 unspecified atom stereocenters. The van der Waals surface area contributed by atoms with Crippen LogP contribution in [0.3, 0.4) is 0 Å². The predicted octanol–water partition coefficient (Wildman–Crippen LogP) is 1.70. The number of hydrogen-bond donors (Lipinski definition) is 2. The first-order chi connectivity index (χ1) is 10.4. The van der Waals surface area contributed by atoms with Crippen LogP contribution >= 0.6 is 12.4 Å². The van der Waals surface area contributed by atoms with E-state index >= 15 is 0 Å². The van der Waals surface area contributed by atoms with Crippen LogP contribution in [0.4, 0.5) is 5.69 Å². The average Bonchev–Trinajstić information content (AvgIpc) is 2.47. The van der Waals surface area contributed by atoms with E-state index in [1.54, 1.807) is 24.3 Å². The van der Waals surface area contributed by atoms with Crippen LogP contribution in [0.25, 0.3) is 0 Å². The highest BCUT2D eigenvalue weighted by molar-refractivity contribution is 7.92. The summed E-state index contributed by atoms with van der Waals surface area (Å²) >= 11 is 0. The normalized spacial score (nSPS) is 15.5. The molecule has 1 saturated heterocycles. The van der Waals surface area contributed by atoms with Gasteiger partial charge in [0.15, 0.2) is 0 Å². The van der Waals surface area contributed by atoms with E-state index in [0.717, 1.165) is 25.9 Å². The first kappa shape index (κ1) is 19.7. The first-order valence-corrected chi connectivity index (χ1v) is 9.41. The number of likely N-dealkylation sites (tertiary alicyclic amines) is 1. The van der Waals surface area contributed by atoms with Crippen LogP contribution in [0.1, 0.15) is 29.6 Å². The molecule has 1 heterocycles. The lowest BCUT2D eigenvalue weighted by Gasteiger charge is -2.26. The maximum absolute atomic E-state index is 12.0. The van der Waals surface area contributed by atoms with Crippen molar-refractivity contribution in [1.29, 1.82) is 0 Å². The molecule has 1 aromatic rings. The van der Waals surface area contributed by atoms with Gasteiger partial charge in [-0.25, -0.2) is 8.42 Å². The molecule has 2 rings (SSSR count). The summed E-state index contributed by atoms with van der Waals surface area (Å²) in [4.78, 5) is 14.4. The Bertz CT molecular complexity index is 599. The fraction of sp³-hybridized carbons (Fsp3) is 0.533. The number of piperidine rings is 1. The third kappa shape index (κ3) is 7.20. The minimum atomic E-state index is -3.29. The summed E-state index contributed by atoms with van der Waals surface area (Å²) in [6, 6.07) is 6.40. The predicted molar refractivity (Wildman–Crippen MR) is 94.8 cm³/mol. The molecule has 1 aliphatic heterocycles. The molecule has 1 aromatic carbocycles. The van der Waals surface area contributed by atoms with Gasteiger partial charge < -0.3 is 10.2 Å². The third-order valence-corrected chi connectivity index (χ3v) is 4.22. The highest BCUT2D eigenvalue weighted by Crippen LogP contribution is 2.11. The number of carbonyl (C=O) groups excluding carboxylic acids is 1. The Balaban J connectivity index is 0.00000264. The summed E-state index contributed by atoms with van der Waals surface area (Å²) in [5.41, 5.74) is 0.977. The van der Waals surface area contributed by atoms with Crippen LogP contribution in [0.15, 0.2) is 24.3 Å².